The van der Waals surface area contributed by atoms with Crippen molar-refractivity contribution in [3.8, 4) is 0 Å². The first-order chi connectivity index (χ1) is 13.0. The molecule has 140 valence electrons. The van der Waals surface area contributed by atoms with E-state index in [2.05, 4.69) is 9.71 Å². The van der Waals surface area contributed by atoms with Gasteiger partial charge in [-0.25, -0.2) is 18.2 Å². The fourth-order valence-corrected chi connectivity index (χ4v) is 4.15. The van der Waals surface area contributed by atoms with Gasteiger partial charge < -0.3 is 9.14 Å². The molecule has 0 spiro atoms. The highest BCUT2D eigenvalue weighted by Crippen LogP contribution is 2.29. The van der Waals surface area contributed by atoms with Crippen LogP contribution in [-0.4, -0.2) is 35.6 Å². The lowest BCUT2D eigenvalue weighted by atomic mass is 10.2. The van der Waals surface area contributed by atoms with Gasteiger partial charge in [-0.3, -0.25) is 4.72 Å². The number of hydrogen-bond donors (Lipinski definition) is 1. The van der Waals surface area contributed by atoms with Crippen molar-refractivity contribution >= 4 is 27.3 Å². The lowest BCUT2D eigenvalue weighted by Gasteiger charge is -2.09. The molecule has 0 aliphatic heterocycles. The highest BCUT2D eigenvalue weighted by atomic mass is 32.2. The van der Waals surface area contributed by atoms with Crippen LogP contribution in [0.1, 0.15) is 28.9 Å². The van der Waals surface area contributed by atoms with Gasteiger partial charge in [0.1, 0.15) is 5.65 Å². The molecule has 3 aromatic rings. The maximum atomic E-state index is 12.2. The molecule has 1 aromatic carbocycles. The van der Waals surface area contributed by atoms with E-state index in [9.17, 15) is 13.2 Å². The van der Waals surface area contributed by atoms with Gasteiger partial charge in [0.05, 0.1) is 23.1 Å². The fourth-order valence-electron chi connectivity index (χ4n) is 2.77. The second-order valence-electron chi connectivity index (χ2n) is 6.51. The largest absolute Gasteiger partial charge is 0.462 e. The molecule has 1 saturated carbocycles. The second-order valence-corrected chi connectivity index (χ2v) is 8.47. The number of esters is 1. The molecule has 2 heterocycles. The third-order valence-electron chi connectivity index (χ3n) is 4.33. The summed E-state index contributed by atoms with van der Waals surface area (Å²) in [6.07, 6.45) is 5.67. The minimum Gasteiger partial charge on any atom is -0.462 e. The maximum absolute atomic E-state index is 12.2. The van der Waals surface area contributed by atoms with Crippen molar-refractivity contribution in [3.05, 3.63) is 66.1 Å². The van der Waals surface area contributed by atoms with Crippen molar-refractivity contribution < 1.29 is 17.9 Å². The molecule has 1 aliphatic rings. The molecule has 1 aliphatic carbocycles. The normalized spacial score (nSPS) is 14.2. The fraction of sp³-hybridized carbons (Fsp3) is 0.263. The summed E-state index contributed by atoms with van der Waals surface area (Å²) < 4.78 is 33.8. The van der Waals surface area contributed by atoms with E-state index >= 15 is 0 Å². The molecule has 8 heteroatoms. The first kappa shape index (κ1) is 17.5. The molecule has 0 atom stereocenters. The average molecular weight is 385 g/mol. The SMILES string of the molecule is O=C(OCCc1cn2ccccc2n1)c1cccc(NS(=O)(=O)C2CC2)c1. The number of carbonyl (C=O) groups excluding carboxylic acids is 1. The number of ether oxygens (including phenoxy) is 1. The Morgan fingerprint density at radius 3 is 2.85 bits per heavy atom. The van der Waals surface area contributed by atoms with E-state index in [1.807, 2.05) is 35.0 Å². The molecule has 4 rings (SSSR count). The number of aromatic nitrogens is 2. The van der Waals surface area contributed by atoms with Crippen molar-refractivity contribution in [3.63, 3.8) is 0 Å². The van der Waals surface area contributed by atoms with E-state index < -0.39 is 16.0 Å². The Hall–Kier alpha value is -2.87. The first-order valence-electron chi connectivity index (χ1n) is 8.73. The van der Waals surface area contributed by atoms with Gasteiger partial charge in [0.25, 0.3) is 0 Å². The van der Waals surface area contributed by atoms with Gasteiger partial charge >= 0.3 is 5.97 Å². The number of hydrogen-bond acceptors (Lipinski definition) is 5. The Bertz CT molecular complexity index is 1050. The zero-order chi connectivity index (χ0) is 18.9. The number of rotatable bonds is 7. The number of benzene rings is 1. The number of imidazole rings is 1. The Morgan fingerprint density at radius 1 is 1.22 bits per heavy atom. The zero-order valence-corrected chi connectivity index (χ0v) is 15.4. The monoisotopic (exact) mass is 385 g/mol. The Kier molecular flexibility index (Phi) is 4.57. The summed E-state index contributed by atoms with van der Waals surface area (Å²) in [6, 6.07) is 12.1. The van der Waals surface area contributed by atoms with Gasteiger partial charge in [-0.1, -0.05) is 12.1 Å². The van der Waals surface area contributed by atoms with Crippen LogP contribution in [0.2, 0.25) is 0 Å². The number of fused-ring (bicyclic) bond motifs is 1. The number of nitrogens with zero attached hydrogens (tertiary/aromatic N) is 2. The maximum Gasteiger partial charge on any atom is 0.338 e. The topological polar surface area (TPSA) is 89.8 Å². The lowest BCUT2D eigenvalue weighted by Crippen LogP contribution is -2.17. The molecule has 0 bridgehead atoms. The van der Waals surface area contributed by atoms with E-state index in [0.717, 1.165) is 11.3 Å². The summed E-state index contributed by atoms with van der Waals surface area (Å²) in [5.41, 5.74) is 2.35. The predicted octanol–water partition coefficient (Wildman–Crippen LogP) is 2.64. The minimum atomic E-state index is -3.36. The quantitative estimate of drug-likeness (QED) is 0.632. The molecule has 0 saturated heterocycles. The van der Waals surface area contributed by atoms with Crippen LogP contribution >= 0.6 is 0 Å². The van der Waals surface area contributed by atoms with Crippen molar-refractivity contribution in [2.45, 2.75) is 24.5 Å². The summed E-state index contributed by atoms with van der Waals surface area (Å²) in [5.74, 6) is -0.494. The Labute approximate surface area is 157 Å². The van der Waals surface area contributed by atoms with Crippen LogP contribution < -0.4 is 4.72 Å². The van der Waals surface area contributed by atoms with E-state index in [-0.39, 0.29) is 11.9 Å². The summed E-state index contributed by atoms with van der Waals surface area (Å²) in [7, 11) is -3.36. The summed E-state index contributed by atoms with van der Waals surface area (Å²) >= 11 is 0. The van der Waals surface area contributed by atoms with E-state index in [0.29, 0.717) is 30.5 Å². The number of anilines is 1. The Balaban J connectivity index is 1.35. The molecule has 1 fully saturated rings. The van der Waals surface area contributed by atoms with Crippen LogP contribution in [0.3, 0.4) is 0 Å². The minimum absolute atomic E-state index is 0.195. The first-order valence-corrected chi connectivity index (χ1v) is 10.3. The average Bonchev–Trinajstić information content (AvgIpc) is 3.43. The molecule has 0 unspecified atom stereocenters. The van der Waals surface area contributed by atoms with Crippen LogP contribution in [0.25, 0.3) is 5.65 Å². The van der Waals surface area contributed by atoms with Gasteiger partial charge in [-0.15, -0.1) is 0 Å². The number of sulfonamides is 1. The second kappa shape index (κ2) is 7.03. The molecule has 0 radical (unpaired) electrons. The van der Waals surface area contributed by atoms with Crippen LogP contribution in [0.4, 0.5) is 5.69 Å². The van der Waals surface area contributed by atoms with Crippen LogP contribution in [-0.2, 0) is 21.2 Å². The van der Waals surface area contributed by atoms with Crippen LogP contribution in [0.5, 0.6) is 0 Å². The number of pyridine rings is 1. The number of carbonyl (C=O) groups is 1. The van der Waals surface area contributed by atoms with Gasteiger partial charge in [0, 0.05) is 24.5 Å². The van der Waals surface area contributed by atoms with E-state index in [1.165, 1.54) is 6.07 Å². The smallest absolute Gasteiger partial charge is 0.338 e. The van der Waals surface area contributed by atoms with Crippen molar-refractivity contribution in [1.29, 1.82) is 0 Å². The van der Waals surface area contributed by atoms with E-state index in [1.54, 1.807) is 18.2 Å². The third kappa shape index (κ3) is 4.11. The standard InChI is InChI=1S/C19H19N3O4S/c23-19(26-11-9-16-13-22-10-2-1-6-18(22)20-16)14-4-3-5-15(12-14)21-27(24,25)17-7-8-17/h1-6,10,12-13,17,21H,7-9,11H2. The number of nitrogens with one attached hydrogen (secondary N) is 1. The molecule has 7 nitrogen and oxygen atoms in total. The lowest BCUT2D eigenvalue weighted by molar-refractivity contribution is 0.0508. The highest BCUT2D eigenvalue weighted by molar-refractivity contribution is 7.93. The van der Waals surface area contributed by atoms with Crippen molar-refractivity contribution in [1.82, 2.24) is 9.38 Å². The molecule has 27 heavy (non-hydrogen) atoms. The molecule has 2 aromatic heterocycles. The molecular formula is C19H19N3O4S. The van der Waals surface area contributed by atoms with Gasteiger partial charge in [0.2, 0.25) is 10.0 Å². The molecule has 0 amide bonds. The molecular weight excluding hydrogens is 366 g/mol. The predicted molar refractivity (Wildman–Crippen MR) is 101 cm³/mol. The summed E-state index contributed by atoms with van der Waals surface area (Å²) in [5, 5.41) is -0.321. The van der Waals surface area contributed by atoms with Gasteiger partial charge in [0.15, 0.2) is 0 Å². The van der Waals surface area contributed by atoms with Crippen LogP contribution in [0, 0.1) is 0 Å². The summed E-state index contributed by atoms with van der Waals surface area (Å²) in [6.45, 7) is 0.195. The van der Waals surface area contributed by atoms with Crippen molar-refractivity contribution in [2.75, 3.05) is 11.3 Å². The highest BCUT2D eigenvalue weighted by Gasteiger charge is 2.35. The molecule has 1 N–H and O–H groups in total. The van der Waals surface area contributed by atoms with Gasteiger partial charge in [-0.05, 0) is 43.2 Å². The van der Waals surface area contributed by atoms with Crippen LogP contribution in [0.15, 0.2) is 54.9 Å². The van der Waals surface area contributed by atoms with E-state index in [4.69, 9.17) is 4.74 Å². The van der Waals surface area contributed by atoms with Gasteiger partial charge in [-0.2, -0.15) is 0 Å². The zero-order valence-electron chi connectivity index (χ0n) is 14.5. The van der Waals surface area contributed by atoms with Crippen molar-refractivity contribution in [2.24, 2.45) is 0 Å². The summed E-state index contributed by atoms with van der Waals surface area (Å²) in [4.78, 5) is 16.7. The Morgan fingerprint density at radius 2 is 2.07 bits per heavy atom. The third-order valence-corrected chi connectivity index (χ3v) is 6.20.